The zero-order valence-electron chi connectivity index (χ0n) is 20.9. The van der Waals surface area contributed by atoms with E-state index in [4.69, 9.17) is 9.07 Å². The van der Waals surface area contributed by atoms with E-state index >= 15 is 0 Å². The molecule has 1 fully saturated rings. The van der Waals surface area contributed by atoms with E-state index in [2.05, 4.69) is 24.1 Å². The second kappa shape index (κ2) is 8.45. The third kappa shape index (κ3) is 4.10. The zero-order chi connectivity index (χ0) is 25.1. The van der Waals surface area contributed by atoms with Crippen LogP contribution in [0.1, 0.15) is 66.7 Å². The summed E-state index contributed by atoms with van der Waals surface area (Å²) in [6.07, 6.45) is 2.07. The number of carbonyl (C=O) groups is 1. The minimum absolute atomic E-state index is 0.0155. The van der Waals surface area contributed by atoms with Gasteiger partial charge < -0.3 is 24.3 Å². The number of benzene rings is 2. The predicted octanol–water partition coefficient (Wildman–Crippen LogP) is 4.07. The van der Waals surface area contributed by atoms with Crippen LogP contribution in [-0.4, -0.2) is 31.2 Å². The lowest BCUT2D eigenvalue weighted by atomic mass is 9.78. The summed E-state index contributed by atoms with van der Waals surface area (Å²) in [5, 5.41) is 14.2. The van der Waals surface area contributed by atoms with E-state index in [1.54, 1.807) is 18.2 Å². The van der Waals surface area contributed by atoms with Crippen LogP contribution in [0.3, 0.4) is 0 Å². The second-order valence-electron chi connectivity index (χ2n) is 10.6. The smallest absolute Gasteiger partial charge is 0.502 e. The Labute approximate surface area is 205 Å². The summed E-state index contributed by atoms with van der Waals surface area (Å²) in [5.74, 6) is 0.103. The minimum atomic E-state index is -1.31. The Morgan fingerprint density at radius 1 is 1.14 bits per heavy atom. The standard InChI is InChI=1S/C27H31BN2O5/c1-15-13-19(17(3)29-21-8-6-7-18-22(21)28(33)35-26(18)32)24-20(14-15)23(31)16(2)25(34-24)30-11-9-27(4,5)10-12-30/h6-8,13-14,17,29,33H,9-12H2,1-5H3/t17-/m1/s1. The number of fused-ring (bicyclic) bond motifs is 2. The third-order valence-electron chi connectivity index (χ3n) is 7.40. The molecule has 182 valence electrons. The van der Waals surface area contributed by atoms with Crippen LogP contribution in [0, 0.1) is 19.3 Å². The maximum Gasteiger partial charge on any atom is 0.565 e. The molecule has 1 atom stereocenters. The van der Waals surface area contributed by atoms with Gasteiger partial charge in [-0.05, 0) is 62.8 Å². The highest BCUT2D eigenvalue weighted by molar-refractivity contribution is 6.68. The molecule has 2 aromatic carbocycles. The topological polar surface area (TPSA) is 92.0 Å². The van der Waals surface area contributed by atoms with Gasteiger partial charge in [-0.2, -0.15) is 0 Å². The van der Waals surface area contributed by atoms with E-state index in [0.29, 0.717) is 39.1 Å². The Morgan fingerprint density at radius 3 is 2.57 bits per heavy atom. The Bertz CT molecular complexity index is 1390. The molecule has 35 heavy (non-hydrogen) atoms. The van der Waals surface area contributed by atoms with Gasteiger partial charge in [0.15, 0.2) is 5.43 Å². The maximum absolute atomic E-state index is 13.4. The first kappa shape index (κ1) is 23.5. The van der Waals surface area contributed by atoms with Crippen LogP contribution >= 0.6 is 0 Å². The van der Waals surface area contributed by atoms with Crippen molar-refractivity contribution in [3.63, 3.8) is 0 Å². The highest BCUT2D eigenvalue weighted by atomic mass is 16.6. The lowest BCUT2D eigenvalue weighted by Gasteiger charge is -2.37. The molecule has 0 saturated carbocycles. The van der Waals surface area contributed by atoms with Crippen LogP contribution in [0.2, 0.25) is 0 Å². The normalized spacial score (nSPS) is 17.9. The van der Waals surface area contributed by atoms with Crippen LogP contribution in [0.25, 0.3) is 11.0 Å². The number of nitrogens with zero attached hydrogens (tertiary/aromatic N) is 1. The molecular formula is C27H31BN2O5. The molecule has 2 N–H and O–H groups in total. The van der Waals surface area contributed by atoms with Crippen molar-refractivity contribution in [1.82, 2.24) is 0 Å². The molecule has 0 unspecified atom stereocenters. The lowest BCUT2D eigenvalue weighted by molar-refractivity contribution is 0.0728. The largest absolute Gasteiger partial charge is 0.565 e. The van der Waals surface area contributed by atoms with Gasteiger partial charge in [-0.1, -0.05) is 26.0 Å². The number of hydrogen-bond acceptors (Lipinski definition) is 7. The van der Waals surface area contributed by atoms with E-state index < -0.39 is 13.1 Å². The van der Waals surface area contributed by atoms with E-state index in [9.17, 15) is 14.6 Å². The zero-order valence-corrected chi connectivity index (χ0v) is 20.9. The van der Waals surface area contributed by atoms with Gasteiger partial charge in [0.05, 0.1) is 22.6 Å². The van der Waals surface area contributed by atoms with Crippen molar-refractivity contribution in [2.24, 2.45) is 5.41 Å². The molecule has 7 nitrogen and oxygen atoms in total. The molecule has 0 amide bonds. The molecule has 0 radical (unpaired) electrons. The van der Waals surface area contributed by atoms with Crippen LogP contribution < -0.4 is 21.1 Å². The molecule has 2 aliphatic rings. The number of anilines is 2. The highest BCUT2D eigenvalue weighted by Gasteiger charge is 2.38. The Morgan fingerprint density at radius 2 is 1.86 bits per heavy atom. The fraction of sp³-hybridized carbons (Fsp3) is 0.407. The molecule has 1 saturated heterocycles. The van der Waals surface area contributed by atoms with Crippen molar-refractivity contribution >= 4 is 41.1 Å². The maximum atomic E-state index is 13.4. The summed E-state index contributed by atoms with van der Waals surface area (Å²) in [6.45, 7) is 12.0. The van der Waals surface area contributed by atoms with Gasteiger partial charge >= 0.3 is 13.1 Å². The Kier molecular flexibility index (Phi) is 5.67. The van der Waals surface area contributed by atoms with Crippen molar-refractivity contribution in [2.75, 3.05) is 23.3 Å². The number of nitrogens with one attached hydrogen (secondary N) is 1. The molecule has 3 heterocycles. The van der Waals surface area contributed by atoms with E-state index in [0.717, 1.165) is 37.1 Å². The molecule has 0 bridgehead atoms. The first-order valence-corrected chi connectivity index (χ1v) is 12.2. The Balaban J connectivity index is 1.58. The summed E-state index contributed by atoms with van der Waals surface area (Å²) in [6, 6.07) is 8.82. The van der Waals surface area contributed by atoms with Gasteiger partial charge in [-0.15, -0.1) is 0 Å². The molecule has 5 rings (SSSR count). The number of aryl methyl sites for hydroxylation is 1. The number of piperidine rings is 1. The predicted molar refractivity (Wildman–Crippen MR) is 139 cm³/mol. The molecule has 0 aliphatic carbocycles. The van der Waals surface area contributed by atoms with Crippen molar-refractivity contribution in [3.8, 4) is 0 Å². The Hall–Kier alpha value is -3.26. The van der Waals surface area contributed by atoms with E-state index in [1.165, 1.54) is 0 Å². The lowest BCUT2D eigenvalue weighted by Crippen LogP contribution is -2.38. The van der Waals surface area contributed by atoms with Crippen LogP contribution in [0.5, 0.6) is 0 Å². The van der Waals surface area contributed by atoms with Crippen LogP contribution in [0.15, 0.2) is 39.5 Å². The molecule has 0 spiro atoms. The highest BCUT2D eigenvalue weighted by Crippen LogP contribution is 2.36. The fourth-order valence-corrected chi connectivity index (χ4v) is 5.16. The van der Waals surface area contributed by atoms with Crippen molar-refractivity contribution in [3.05, 3.63) is 62.8 Å². The van der Waals surface area contributed by atoms with Crippen molar-refractivity contribution < 1.29 is 18.9 Å². The molecule has 1 aromatic heterocycles. The molecule has 8 heteroatoms. The van der Waals surface area contributed by atoms with Crippen LogP contribution in [-0.2, 0) is 4.65 Å². The second-order valence-corrected chi connectivity index (χ2v) is 10.6. The summed E-state index contributed by atoms with van der Waals surface area (Å²) in [5.41, 5.74) is 4.64. The summed E-state index contributed by atoms with van der Waals surface area (Å²) in [7, 11) is -1.31. The van der Waals surface area contributed by atoms with Crippen molar-refractivity contribution in [2.45, 2.75) is 53.5 Å². The van der Waals surface area contributed by atoms with Gasteiger partial charge in [0.2, 0.25) is 5.88 Å². The number of rotatable bonds is 4. The van der Waals surface area contributed by atoms with Gasteiger partial charge in [0.25, 0.3) is 0 Å². The fourth-order valence-electron chi connectivity index (χ4n) is 5.16. The molecule has 2 aliphatic heterocycles. The molecular weight excluding hydrogens is 443 g/mol. The van der Waals surface area contributed by atoms with Gasteiger partial charge in [-0.3, -0.25) is 4.79 Å². The van der Waals surface area contributed by atoms with E-state index in [1.807, 2.05) is 32.9 Å². The van der Waals surface area contributed by atoms with Gasteiger partial charge in [-0.25, -0.2) is 4.79 Å². The van der Waals surface area contributed by atoms with Gasteiger partial charge in [0.1, 0.15) is 5.58 Å². The first-order valence-electron chi connectivity index (χ1n) is 12.2. The van der Waals surface area contributed by atoms with Gasteiger partial charge in [0, 0.05) is 29.8 Å². The number of hydrogen-bond donors (Lipinski definition) is 2. The van der Waals surface area contributed by atoms with Crippen LogP contribution in [0.4, 0.5) is 11.6 Å². The summed E-state index contributed by atoms with van der Waals surface area (Å²) < 4.78 is 11.5. The third-order valence-corrected chi connectivity index (χ3v) is 7.40. The number of carbonyl (C=O) groups excluding carboxylic acids is 1. The SMILES string of the molecule is Cc1cc([C@@H](C)Nc2cccc3c2B(O)OC3=O)c2oc(N3CCC(C)(C)CC3)c(C)c(=O)c2c1. The van der Waals surface area contributed by atoms with E-state index in [-0.39, 0.29) is 16.9 Å². The van der Waals surface area contributed by atoms with Crippen molar-refractivity contribution in [1.29, 1.82) is 0 Å². The molecule has 3 aromatic rings. The summed E-state index contributed by atoms with van der Waals surface area (Å²) >= 11 is 0. The average molecular weight is 474 g/mol. The summed E-state index contributed by atoms with van der Waals surface area (Å²) in [4.78, 5) is 27.7. The monoisotopic (exact) mass is 474 g/mol. The minimum Gasteiger partial charge on any atom is -0.502 e. The quantitative estimate of drug-likeness (QED) is 0.551. The first-order chi connectivity index (χ1) is 16.6. The average Bonchev–Trinajstić information content (AvgIpc) is 3.10.